The van der Waals surface area contributed by atoms with Gasteiger partial charge in [0, 0.05) is 13.1 Å². The number of hydrogen-bond acceptors (Lipinski definition) is 2. The first-order valence-corrected chi connectivity index (χ1v) is 8.13. The molecule has 110 valence electrons. The molecule has 2 fully saturated rings. The normalized spacial score (nSPS) is 23.6. The molecule has 1 heterocycles. The van der Waals surface area contributed by atoms with Crippen molar-refractivity contribution < 1.29 is 4.79 Å². The zero-order chi connectivity index (χ0) is 13.9. The largest absolute Gasteiger partial charge is 0.341 e. The van der Waals surface area contributed by atoms with Crippen molar-refractivity contribution >= 4 is 5.91 Å². The molecule has 2 N–H and O–H groups in total. The van der Waals surface area contributed by atoms with E-state index in [4.69, 9.17) is 5.73 Å². The van der Waals surface area contributed by atoms with Crippen LogP contribution < -0.4 is 5.73 Å². The van der Waals surface area contributed by atoms with E-state index in [0.717, 1.165) is 25.9 Å². The summed E-state index contributed by atoms with van der Waals surface area (Å²) in [5.41, 5.74) is 6.18. The Hall–Kier alpha value is -0.570. The van der Waals surface area contributed by atoms with Gasteiger partial charge in [0.15, 0.2) is 0 Å². The smallest absolute Gasteiger partial charge is 0.242 e. The zero-order valence-electron chi connectivity index (χ0n) is 12.7. The van der Waals surface area contributed by atoms with Gasteiger partial charge in [-0.2, -0.15) is 0 Å². The van der Waals surface area contributed by atoms with E-state index in [0.29, 0.717) is 5.41 Å². The van der Waals surface area contributed by atoms with Crippen molar-refractivity contribution in [3.05, 3.63) is 0 Å². The summed E-state index contributed by atoms with van der Waals surface area (Å²) < 4.78 is 0. The number of likely N-dealkylation sites (tertiary alicyclic amines) is 1. The monoisotopic (exact) mass is 266 g/mol. The predicted molar refractivity (Wildman–Crippen MR) is 78.8 cm³/mol. The van der Waals surface area contributed by atoms with Gasteiger partial charge >= 0.3 is 0 Å². The Morgan fingerprint density at radius 2 is 1.58 bits per heavy atom. The second-order valence-corrected chi connectivity index (χ2v) is 6.72. The average Bonchev–Trinajstić information content (AvgIpc) is 2.47. The van der Waals surface area contributed by atoms with Gasteiger partial charge in [-0.15, -0.1) is 0 Å². The molecule has 0 bridgehead atoms. The Morgan fingerprint density at radius 1 is 1.05 bits per heavy atom. The molecule has 0 aromatic rings. The number of nitrogens with zero attached hydrogens (tertiary/aromatic N) is 1. The predicted octanol–water partition coefficient (Wildman–Crippen LogP) is 3.08. The molecule has 1 aliphatic carbocycles. The summed E-state index contributed by atoms with van der Waals surface area (Å²) in [5.74, 6) is 0.183. The van der Waals surface area contributed by atoms with Gasteiger partial charge in [0.25, 0.3) is 0 Å². The van der Waals surface area contributed by atoms with E-state index in [1.54, 1.807) is 0 Å². The van der Waals surface area contributed by atoms with E-state index >= 15 is 0 Å². The molecule has 0 aromatic heterocycles. The van der Waals surface area contributed by atoms with Crippen molar-refractivity contribution in [3.8, 4) is 0 Å². The van der Waals surface area contributed by atoms with Crippen LogP contribution in [0.2, 0.25) is 0 Å². The maximum Gasteiger partial charge on any atom is 0.242 e. The first kappa shape index (κ1) is 14.8. The molecule has 2 aliphatic rings. The first-order valence-electron chi connectivity index (χ1n) is 8.13. The fourth-order valence-corrected chi connectivity index (χ4v) is 3.85. The van der Waals surface area contributed by atoms with Crippen molar-refractivity contribution in [1.82, 2.24) is 4.90 Å². The van der Waals surface area contributed by atoms with Crippen molar-refractivity contribution in [2.75, 3.05) is 13.1 Å². The third-order valence-corrected chi connectivity index (χ3v) is 5.71. The van der Waals surface area contributed by atoms with Crippen LogP contribution in [0.5, 0.6) is 0 Å². The standard InChI is InChI=1S/C16H30N2O/c1-3-16(17,4-2)14(19)18-12-10-15(11-13-18)8-6-5-7-9-15/h3-13,17H2,1-2H3. The zero-order valence-corrected chi connectivity index (χ0v) is 12.7. The molecular formula is C16H30N2O. The lowest BCUT2D eigenvalue weighted by Crippen LogP contribution is -2.57. The minimum Gasteiger partial charge on any atom is -0.341 e. The molecule has 1 saturated heterocycles. The number of carbonyl (C=O) groups excluding carboxylic acids is 1. The van der Waals surface area contributed by atoms with E-state index in [9.17, 15) is 4.79 Å². The Balaban J connectivity index is 1.94. The van der Waals surface area contributed by atoms with Gasteiger partial charge in [0.2, 0.25) is 5.91 Å². The molecule has 1 saturated carbocycles. The molecule has 0 radical (unpaired) electrons. The lowest BCUT2D eigenvalue weighted by molar-refractivity contribution is -0.140. The Bertz CT molecular complexity index is 307. The van der Waals surface area contributed by atoms with Crippen LogP contribution >= 0.6 is 0 Å². The second-order valence-electron chi connectivity index (χ2n) is 6.72. The molecule has 0 atom stereocenters. The van der Waals surface area contributed by atoms with E-state index in [1.165, 1.54) is 44.9 Å². The van der Waals surface area contributed by atoms with Crippen LogP contribution in [0.4, 0.5) is 0 Å². The first-order chi connectivity index (χ1) is 9.05. The van der Waals surface area contributed by atoms with Crippen LogP contribution in [0.15, 0.2) is 0 Å². The van der Waals surface area contributed by atoms with E-state index in [1.807, 2.05) is 18.7 Å². The van der Waals surface area contributed by atoms with Crippen LogP contribution in [-0.4, -0.2) is 29.4 Å². The SMILES string of the molecule is CCC(N)(CC)C(=O)N1CCC2(CCCCC2)CC1. The molecule has 1 aliphatic heterocycles. The minimum absolute atomic E-state index is 0.183. The summed E-state index contributed by atoms with van der Waals surface area (Å²) >= 11 is 0. The summed E-state index contributed by atoms with van der Waals surface area (Å²) in [6.07, 6.45) is 10.8. The van der Waals surface area contributed by atoms with Crippen LogP contribution in [-0.2, 0) is 4.79 Å². The molecule has 2 rings (SSSR count). The number of carbonyl (C=O) groups is 1. The van der Waals surface area contributed by atoms with Gasteiger partial charge in [-0.25, -0.2) is 0 Å². The highest BCUT2D eigenvalue weighted by molar-refractivity contribution is 5.86. The highest BCUT2D eigenvalue weighted by Gasteiger charge is 2.40. The molecule has 19 heavy (non-hydrogen) atoms. The van der Waals surface area contributed by atoms with Crippen LogP contribution in [0.1, 0.15) is 71.6 Å². The van der Waals surface area contributed by atoms with Gasteiger partial charge in [0.1, 0.15) is 0 Å². The van der Waals surface area contributed by atoms with Crippen molar-refractivity contribution in [2.24, 2.45) is 11.1 Å². The van der Waals surface area contributed by atoms with E-state index in [2.05, 4.69) is 0 Å². The maximum absolute atomic E-state index is 12.6. The second kappa shape index (κ2) is 5.82. The van der Waals surface area contributed by atoms with Gasteiger partial charge in [-0.1, -0.05) is 33.1 Å². The summed E-state index contributed by atoms with van der Waals surface area (Å²) in [4.78, 5) is 14.6. The van der Waals surface area contributed by atoms with Gasteiger partial charge in [-0.05, 0) is 43.9 Å². The Labute approximate surface area is 117 Å². The number of piperidine rings is 1. The van der Waals surface area contributed by atoms with Gasteiger partial charge < -0.3 is 10.6 Å². The summed E-state index contributed by atoms with van der Waals surface area (Å²) in [6, 6.07) is 0. The molecule has 3 heteroatoms. The summed E-state index contributed by atoms with van der Waals surface area (Å²) in [6.45, 7) is 5.90. The van der Waals surface area contributed by atoms with Crippen molar-refractivity contribution in [1.29, 1.82) is 0 Å². The topological polar surface area (TPSA) is 46.3 Å². The lowest BCUT2D eigenvalue weighted by Gasteiger charge is -2.46. The van der Waals surface area contributed by atoms with Crippen LogP contribution in [0, 0.1) is 5.41 Å². The third kappa shape index (κ3) is 2.96. The molecule has 3 nitrogen and oxygen atoms in total. The van der Waals surface area contributed by atoms with Gasteiger partial charge in [0.05, 0.1) is 5.54 Å². The number of nitrogens with two attached hydrogens (primary N) is 1. The maximum atomic E-state index is 12.6. The highest BCUT2D eigenvalue weighted by Crippen LogP contribution is 2.44. The van der Waals surface area contributed by atoms with Crippen molar-refractivity contribution in [2.45, 2.75) is 77.2 Å². The summed E-state index contributed by atoms with van der Waals surface area (Å²) in [7, 11) is 0. The average molecular weight is 266 g/mol. The quantitative estimate of drug-likeness (QED) is 0.853. The van der Waals surface area contributed by atoms with Crippen LogP contribution in [0.3, 0.4) is 0 Å². The van der Waals surface area contributed by atoms with E-state index in [-0.39, 0.29) is 5.91 Å². The van der Waals surface area contributed by atoms with Crippen molar-refractivity contribution in [3.63, 3.8) is 0 Å². The fraction of sp³-hybridized carbons (Fsp3) is 0.938. The summed E-state index contributed by atoms with van der Waals surface area (Å²) in [5, 5.41) is 0. The Kier molecular flexibility index (Phi) is 4.54. The lowest BCUT2D eigenvalue weighted by atomic mass is 9.68. The molecule has 1 amide bonds. The molecule has 0 aromatic carbocycles. The van der Waals surface area contributed by atoms with E-state index < -0.39 is 5.54 Å². The molecule has 0 unspecified atom stereocenters. The molecule has 1 spiro atoms. The van der Waals surface area contributed by atoms with Crippen LogP contribution in [0.25, 0.3) is 0 Å². The molecular weight excluding hydrogens is 236 g/mol. The highest BCUT2D eigenvalue weighted by atomic mass is 16.2. The third-order valence-electron chi connectivity index (χ3n) is 5.71. The Morgan fingerprint density at radius 3 is 2.05 bits per heavy atom. The number of hydrogen-bond donors (Lipinski definition) is 1. The number of amides is 1. The minimum atomic E-state index is -0.628. The van der Waals surface area contributed by atoms with Gasteiger partial charge in [-0.3, -0.25) is 4.79 Å². The fourth-order valence-electron chi connectivity index (χ4n) is 3.85. The number of rotatable bonds is 3.